The summed E-state index contributed by atoms with van der Waals surface area (Å²) in [6.45, 7) is 3.76. The standard InChI is InChI=1S/C13H14ClNO/c1-3-4-5-9-13(16)15-12-8-6-7-11(14)10(12)2/h3-9H,1-2H3,(H,15,16)/b4-3+,9-5+. The molecule has 2 nitrogen and oxygen atoms in total. The SMILES string of the molecule is C/C=C/C=C/C(=O)Nc1cccc(Cl)c1C. The van der Waals surface area contributed by atoms with E-state index < -0.39 is 0 Å². The Labute approximate surface area is 101 Å². The zero-order chi connectivity index (χ0) is 12.0. The van der Waals surface area contributed by atoms with Gasteiger partial charge in [0.05, 0.1) is 0 Å². The van der Waals surface area contributed by atoms with Crippen LogP contribution < -0.4 is 5.32 Å². The molecule has 0 radical (unpaired) electrons. The lowest BCUT2D eigenvalue weighted by atomic mass is 10.2. The molecule has 0 heterocycles. The number of halogens is 1. The third-order valence-corrected chi connectivity index (χ3v) is 2.49. The molecule has 1 N–H and O–H groups in total. The summed E-state index contributed by atoms with van der Waals surface area (Å²) in [6.07, 6.45) is 6.81. The summed E-state index contributed by atoms with van der Waals surface area (Å²) in [7, 11) is 0. The second kappa shape index (κ2) is 6.13. The smallest absolute Gasteiger partial charge is 0.248 e. The van der Waals surface area contributed by atoms with Gasteiger partial charge in [-0.3, -0.25) is 4.79 Å². The summed E-state index contributed by atoms with van der Waals surface area (Å²) in [6, 6.07) is 5.42. The first-order chi connectivity index (χ1) is 7.65. The van der Waals surface area contributed by atoms with E-state index in [1.165, 1.54) is 6.08 Å². The van der Waals surface area contributed by atoms with Crippen molar-refractivity contribution < 1.29 is 4.79 Å². The lowest BCUT2D eigenvalue weighted by Crippen LogP contribution is -2.08. The number of rotatable bonds is 3. The van der Waals surface area contributed by atoms with Crippen molar-refractivity contribution in [2.24, 2.45) is 0 Å². The van der Waals surface area contributed by atoms with Gasteiger partial charge < -0.3 is 5.32 Å². The maximum atomic E-state index is 11.5. The van der Waals surface area contributed by atoms with E-state index in [-0.39, 0.29) is 5.91 Å². The molecule has 84 valence electrons. The van der Waals surface area contributed by atoms with Crippen molar-refractivity contribution in [1.29, 1.82) is 0 Å². The van der Waals surface area contributed by atoms with Gasteiger partial charge in [-0.05, 0) is 31.5 Å². The molecule has 0 spiro atoms. The number of hydrogen-bond donors (Lipinski definition) is 1. The molecule has 0 saturated carbocycles. The monoisotopic (exact) mass is 235 g/mol. The minimum absolute atomic E-state index is 0.163. The first-order valence-corrected chi connectivity index (χ1v) is 5.38. The van der Waals surface area contributed by atoms with Crippen LogP contribution in [0.25, 0.3) is 0 Å². The Hall–Kier alpha value is -1.54. The molecular weight excluding hydrogens is 222 g/mol. The molecule has 0 unspecified atom stereocenters. The molecule has 0 atom stereocenters. The predicted molar refractivity (Wildman–Crippen MR) is 68.8 cm³/mol. The van der Waals surface area contributed by atoms with Gasteiger partial charge in [0.25, 0.3) is 0 Å². The largest absolute Gasteiger partial charge is 0.322 e. The zero-order valence-electron chi connectivity index (χ0n) is 9.33. The van der Waals surface area contributed by atoms with E-state index in [1.54, 1.807) is 24.3 Å². The van der Waals surface area contributed by atoms with Gasteiger partial charge in [0.15, 0.2) is 0 Å². The van der Waals surface area contributed by atoms with Crippen LogP contribution >= 0.6 is 11.6 Å². The van der Waals surface area contributed by atoms with Crippen molar-refractivity contribution in [3.63, 3.8) is 0 Å². The summed E-state index contributed by atoms with van der Waals surface area (Å²) in [4.78, 5) is 11.5. The molecule has 0 bridgehead atoms. The number of amides is 1. The number of anilines is 1. The molecule has 1 aromatic rings. The van der Waals surface area contributed by atoms with Gasteiger partial charge in [-0.2, -0.15) is 0 Å². The second-order valence-corrected chi connectivity index (χ2v) is 3.69. The van der Waals surface area contributed by atoms with Gasteiger partial charge >= 0.3 is 0 Å². The first-order valence-electron chi connectivity index (χ1n) is 5.00. The number of carbonyl (C=O) groups is 1. The quantitative estimate of drug-likeness (QED) is 0.628. The number of allylic oxidation sites excluding steroid dienone is 3. The van der Waals surface area contributed by atoms with Crippen LogP contribution in [0.15, 0.2) is 42.5 Å². The van der Waals surface area contributed by atoms with E-state index in [9.17, 15) is 4.79 Å². The fourth-order valence-corrected chi connectivity index (χ4v) is 1.35. The van der Waals surface area contributed by atoms with Crippen molar-refractivity contribution in [3.05, 3.63) is 53.1 Å². The average molecular weight is 236 g/mol. The third kappa shape index (κ3) is 3.55. The normalized spacial score (nSPS) is 11.2. The molecular formula is C13H14ClNO. The molecule has 0 aliphatic rings. The van der Waals surface area contributed by atoms with E-state index in [0.717, 1.165) is 11.3 Å². The molecule has 1 aromatic carbocycles. The van der Waals surface area contributed by atoms with Crippen molar-refractivity contribution in [3.8, 4) is 0 Å². The molecule has 0 fully saturated rings. The minimum Gasteiger partial charge on any atom is -0.322 e. The Kier molecular flexibility index (Phi) is 4.80. The Morgan fingerprint density at radius 3 is 2.81 bits per heavy atom. The van der Waals surface area contributed by atoms with Crippen LogP contribution in [0.4, 0.5) is 5.69 Å². The summed E-state index contributed by atoms with van der Waals surface area (Å²) < 4.78 is 0. The molecule has 16 heavy (non-hydrogen) atoms. The van der Waals surface area contributed by atoms with Crippen LogP contribution in [0.2, 0.25) is 5.02 Å². The molecule has 0 aliphatic carbocycles. The summed E-state index contributed by atoms with van der Waals surface area (Å²) >= 11 is 5.94. The van der Waals surface area contributed by atoms with Gasteiger partial charge in [-0.25, -0.2) is 0 Å². The maximum absolute atomic E-state index is 11.5. The van der Waals surface area contributed by atoms with E-state index in [4.69, 9.17) is 11.6 Å². The average Bonchev–Trinajstić information content (AvgIpc) is 2.25. The predicted octanol–water partition coefficient (Wildman–Crippen LogP) is 3.72. The number of carbonyl (C=O) groups excluding carboxylic acids is 1. The summed E-state index contributed by atoms with van der Waals surface area (Å²) in [5, 5.41) is 3.41. The highest BCUT2D eigenvalue weighted by Gasteiger charge is 2.03. The lowest BCUT2D eigenvalue weighted by Gasteiger charge is -2.07. The van der Waals surface area contributed by atoms with Gasteiger partial charge in [0.2, 0.25) is 5.91 Å². The van der Waals surface area contributed by atoms with Crippen LogP contribution in [0, 0.1) is 6.92 Å². The van der Waals surface area contributed by atoms with Gasteiger partial charge in [0.1, 0.15) is 0 Å². The van der Waals surface area contributed by atoms with Gasteiger partial charge in [-0.15, -0.1) is 0 Å². The van der Waals surface area contributed by atoms with Gasteiger partial charge in [-0.1, -0.05) is 35.9 Å². The van der Waals surface area contributed by atoms with E-state index in [0.29, 0.717) is 5.02 Å². The molecule has 1 amide bonds. The Balaban J connectivity index is 2.74. The topological polar surface area (TPSA) is 29.1 Å². The van der Waals surface area contributed by atoms with Crippen LogP contribution in [-0.4, -0.2) is 5.91 Å². The maximum Gasteiger partial charge on any atom is 0.248 e. The molecule has 0 saturated heterocycles. The van der Waals surface area contributed by atoms with E-state index >= 15 is 0 Å². The molecule has 1 rings (SSSR count). The second-order valence-electron chi connectivity index (χ2n) is 3.29. The summed E-state index contributed by atoms with van der Waals surface area (Å²) in [5.41, 5.74) is 1.61. The molecule has 0 aliphatic heterocycles. The van der Waals surface area contributed by atoms with E-state index in [2.05, 4.69) is 5.32 Å². The van der Waals surface area contributed by atoms with Crippen molar-refractivity contribution in [2.75, 3.05) is 5.32 Å². The summed E-state index contributed by atoms with van der Waals surface area (Å²) in [5.74, 6) is -0.163. The Bertz CT molecular complexity index is 436. The van der Waals surface area contributed by atoms with E-state index in [1.807, 2.05) is 26.0 Å². The van der Waals surface area contributed by atoms with Crippen LogP contribution in [0.3, 0.4) is 0 Å². The highest BCUT2D eigenvalue weighted by molar-refractivity contribution is 6.31. The van der Waals surface area contributed by atoms with Crippen molar-refractivity contribution in [2.45, 2.75) is 13.8 Å². The zero-order valence-corrected chi connectivity index (χ0v) is 10.1. The number of hydrogen-bond acceptors (Lipinski definition) is 1. The lowest BCUT2D eigenvalue weighted by molar-refractivity contribution is -0.111. The van der Waals surface area contributed by atoms with Crippen LogP contribution in [0.1, 0.15) is 12.5 Å². The minimum atomic E-state index is -0.163. The first kappa shape index (κ1) is 12.5. The Morgan fingerprint density at radius 2 is 2.12 bits per heavy atom. The van der Waals surface area contributed by atoms with Crippen molar-refractivity contribution >= 4 is 23.2 Å². The van der Waals surface area contributed by atoms with Gasteiger partial charge in [0, 0.05) is 16.8 Å². The highest BCUT2D eigenvalue weighted by Crippen LogP contribution is 2.22. The van der Waals surface area contributed by atoms with Crippen LogP contribution in [0.5, 0.6) is 0 Å². The van der Waals surface area contributed by atoms with Crippen LogP contribution in [-0.2, 0) is 4.79 Å². The van der Waals surface area contributed by atoms with Crippen molar-refractivity contribution in [1.82, 2.24) is 0 Å². The highest BCUT2D eigenvalue weighted by atomic mass is 35.5. The Morgan fingerprint density at radius 1 is 1.38 bits per heavy atom. The molecule has 0 aromatic heterocycles. The third-order valence-electron chi connectivity index (χ3n) is 2.08. The molecule has 3 heteroatoms. The fraction of sp³-hybridized carbons (Fsp3) is 0.154. The fourth-order valence-electron chi connectivity index (χ4n) is 1.17. The number of benzene rings is 1. The number of nitrogens with one attached hydrogen (secondary N) is 1.